The van der Waals surface area contributed by atoms with E-state index >= 15 is 0 Å². The van der Waals surface area contributed by atoms with Crippen LogP contribution in [-0.4, -0.2) is 54.0 Å². The summed E-state index contributed by atoms with van der Waals surface area (Å²) < 4.78 is 5.50. The molecule has 1 aromatic heterocycles. The summed E-state index contributed by atoms with van der Waals surface area (Å²) in [5, 5.41) is 4.24. The number of aromatic nitrogens is 2. The van der Waals surface area contributed by atoms with Gasteiger partial charge in [-0.15, -0.1) is 0 Å². The maximum absolute atomic E-state index is 10.8. The Balaban J connectivity index is 1.43. The molecule has 0 unspecified atom stereocenters. The zero-order valence-electron chi connectivity index (χ0n) is 19.1. The highest BCUT2D eigenvalue weighted by Crippen LogP contribution is 2.29. The van der Waals surface area contributed by atoms with Crippen molar-refractivity contribution in [2.45, 2.75) is 13.0 Å². The van der Waals surface area contributed by atoms with Gasteiger partial charge in [-0.05, 0) is 28.8 Å². The van der Waals surface area contributed by atoms with Crippen LogP contribution < -0.4 is 5.32 Å². The van der Waals surface area contributed by atoms with Crippen LogP contribution in [-0.2, 0) is 16.1 Å². The van der Waals surface area contributed by atoms with Gasteiger partial charge in [-0.2, -0.15) is 0 Å². The normalized spacial score (nSPS) is 14.2. The first-order valence-electron chi connectivity index (χ1n) is 11.7. The predicted octanol–water partition coefficient (Wildman–Crippen LogP) is 4.80. The molecule has 1 fully saturated rings. The minimum Gasteiger partial charge on any atom is -0.379 e. The first kappa shape index (κ1) is 22.2. The highest BCUT2D eigenvalue weighted by molar-refractivity contribution is 5.90. The molecule has 0 spiro atoms. The van der Waals surface area contributed by atoms with Crippen molar-refractivity contribution in [3.05, 3.63) is 78.4 Å². The average Bonchev–Trinajstić information content (AvgIpc) is 2.90. The van der Waals surface area contributed by atoms with E-state index < -0.39 is 0 Å². The van der Waals surface area contributed by atoms with Crippen LogP contribution in [0, 0.1) is 0 Å². The Labute approximate surface area is 199 Å². The van der Waals surface area contributed by atoms with E-state index in [9.17, 15) is 4.79 Å². The number of ether oxygens (including phenoxy) is 1. The maximum atomic E-state index is 10.8. The lowest BCUT2D eigenvalue weighted by atomic mass is 9.98. The molecule has 1 saturated heterocycles. The third kappa shape index (κ3) is 4.98. The van der Waals surface area contributed by atoms with Crippen molar-refractivity contribution in [1.82, 2.24) is 14.9 Å². The second-order valence-electron chi connectivity index (χ2n) is 8.42. The van der Waals surface area contributed by atoms with E-state index in [-0.39, 0.29) is 0 Å². The summed E-state index contributed by atoms with van der Waals surface area (Å²) in [6.45, 7) is 5.00. The molecule has 6 nitrogen and oxygen atoms in total. The average molecular weight is 453 g/mol. The Hall–Kier alpha value is -3.61. The number of nitrogens with one attached hydrogen (secondary N) is 1. The molecule has 0 saturated carbocycles. The molecular weight excluding hydrogens is 424 g/mol. The molecule has 3 aromatic carbocycles. The van der Waals surface area contributed by atoms with Gasteiger partial charge in [-0.1, -0.05) is 60.7 Å². The summed E-state index contributed by atoms with van der Waals surface area (Å²) in [5.74, 6) is 1.42. The van der Waals surface area contributed by atoms with Gasteiger partial charge in [0.2, 0.25) is 0 Å². The van der Waals surface area contributed by atoms with Gasteiger partial charge in [0.15, 0.2) is 5.82 Å². The second kappa shape index (κ2) is 10.5. The van der Waals surface area contributed by atoms with Crippen LogP contribution in [0.25, 0.3) is 33.4 Å². The molecule has 172 valence electrons. The van der Waals surface area contributed by atoms with Crippen molar-refractivity contribution in [2.24, 2.45) is 0 Å². The third-order valence-corrected chi connectivity index (χ3v) is 6.13. The number of fused-ring (bicyclic) bond motifs is 1. The van der Waals surface area contributed by atoms with Crippen molar-refractivity contribution < 1.29 is 9.53 Å². The minimum absolute atomic E-state index is 0.437. The quantitative estimate of drug-likeness (QED) is 0.306. The van der Waals surface area contributed by atoms with E-state index in [0.717, 1.165) is 61.4 Å². The van der Waals surface area contributed by atoms with Gasteiger partial charge in [0.25, 0.3) is 0 Å². The standard InChI is InChI=1S/C28H28N4O2/c33-17-5-14-29-28-25-8-3-4-9-26(25)30-27(31-28)22-12-10-21(11-13-22)24-7-2-1-6-23(24)20-32-15-18-34-19-16-32/h1-4,6-13,17H,5,14-16,18-20H2,(H,29,30,31). The van der Waals surface area contributed by atoms with E-state index in [4.69, 9.17) is 14.7 Å². The van der Waals surface area contributed by atoms with Gasteiger partial charge < -0.3 is 14.8 Å². The Kier molecular flexibility index (Phi) is 6.89. The largest absolute Gasteiger partial charge is 0.379 e. The van der Waals surface area contributed by atoms with Gasteiger partial charge in [-0.25, -0.2) is 9.97 Å². The number of hydrogen-bond acceptors (Lipinski definition) is 6. The first-order chi connectivity index (χ1) is 16.8. The fraction of sp³-hybridized carbons (Fsp3) is 0.250. The summed E-state index contributed by atoms with van der Waals surface area (Å²) >= 11 is 0. The van der Waals surface area contributed by atoms with E-state index in [1.165, 1.54) is 16.7 Å². The van der Waals surface area contributed by atoms with Gasteiger partial charge >= 0.3 is 0 Å². The van der Waals surface area contributed by atoms with Gasteiger partial charge in [0, 0.05) is 43.5 Å². The van der Waals surface area contributed by atoms with Crippen LogP contribution in [0.5, 0.6) is 0 Å². The molecule has 34 heavy (non-hydrogen) atoms. The van der Waals surface area contributed by atoms with Crippen molar-refractivity contribution in [3.8, 4) is 22.5 Å². The van der Waals surface area contributed by atoms with E-state index in [0.29, 0.717) is 18.8 Å². The minimum atomic E-state index is 0.437. The molecule has 4 aromatic rings. The Morgan fingerprint density at radius 1 is 0.882 bits per heavy atom. The van der Waals surface area contributed by atoms with Crippen LogP contribution in [0.15, 0.2) is 72.8 Å². The number of carbonyl (C=O) groups excluding carboxylic acids is 1. The first-order valence-corrected chi connectivity index (χ1v) is 11.7. The number of benzene rings is 3. The number of nitrogens with zero attached hydrogens (tertiary/aromatic N) is 3. The number of morpholine rings is 1. The van der Waals surface area contributed by atoms with Gasteiger partial charge in [0.1, 0.15) is 12.1 Å². The van der Waals surface area contributed by atoms with Crippen LogP contribution in [0.3, 0.4) is 0 Å². The lowest BCUT2D eigenvalue weighted by Gasteiger charge is -2.27. The van der Waals surface area contributed by atoms with E-state index in [1.807, 2.05) is 24.3 Å². The Morgan fingerprint density at radius 3 is 2.44 bits per heavy atom. The molecule has 2 heterocycles. The number of carbonyl (C=O) groups is 1. The topological polar surface area (TPSA) is 67.4 Å². The molecule has 0 bridgehead atoms. The summed E-state index contributed by atoms with van der Waals surface area (Å²) in [6, 6.07) is 25.0. The van der Waals surface area contributed by atoms with Crippen LogP contribution in [0.4, 0.5) is 5.82 Å². The summed E-state index contributed by atoms with van der Waals surface area (Å²) in [7, 11) is 0. The number of aldehydes is 1. The summed E-state index contributed by atoms with van der Waals surface area (Å²) in [5.41, 5.74) is 5.58. The number of hydrogen-bond donors (Lipinski definition) is 1. The molecule has 6 heteroatoms. The molecule has 1 aliphatic rings. The number of para-hydroxylation sites is 1. The van der Waals surface area contributed by atoms with Crippen molar-refractivity contribution in [1.29, 1.82) is 0 Å². The summed E-state index contributed by atoms with van der Waals surface area (Å²) in [6.07, 6.45) is 1.35. The van der Waals surface area contributed by atoms with E-state index in [1.54, 1.807) is 0 Å². The maximum Gasteiger partial charge on any atom is 0.162 e. The summed E-state index contributed by atoms with van der Waals surface area (Å²) in [4.78, 5) is 22.8. The molecule has 0 atom stereocenters. The van der Waals surface area contributed by atoms with E-state index in [2.05, 4.69) is 58.7 Å². The Morgan fingerprint density at radius 2 is 1.62 bits per heavy atom. The third-order valence-electron chi connectivity index (χ3n) is 6.13. The second-order valence-corrected chi connectivity index (χ2v) is 8.42. The SMILES string of the molecule is O=CCCNc1nc(-c2ccc(-c3ccccc3CN3CCOCC3)cc2)nc2ccccc12. The molecule has 0 amide bonds. The molecular formula is C28H28N4O2. The smallest absolute Gasteiger partial charge is 0.162 e. The number of rotatable bonds is 8. The van der Waals surface area contributed by atoms with Crippen molar-refractivity contribution in [3.63, 3.8) is 0 Å². The molecule has 5 rings (SSSR count). The monoisotopic (exact) mass is 452 g/mol. The zero-order valence-corrected chi connectivity index (χ0v) is 19.1. The van der Waals surface area contributed by atoms with Crippen LogP contribution >= 0.6 is 0 Å². The molecule has 0 aliphatic carbocycles. The lowest BCUT2D eigenvalue weighted by Crippen LogP contribution is -2.35. The Bertz CT molecular complexity index is 1270. The van der Waals surface area contributed by atoms with Crippen molar-refractivity contribution in [2.75, 3.05) is 38.2 Å². The van der Waals surface area contributed by atoms with Gasteiger partial charge in [0.05, 0.1) is 18.7 Å². The van der Waals surface area contributed by atoms with Gasteiger partial charge in [-0.3, -0.25) is 4.90 Å². The zero-order chi connectivity index (χ0) is 23.2. The van der Waals surface area contributed by atoms with Crippen molar-refractivity contribution >= 4 is 23.0 Å². The fourth-order valence-electron chi connectivity index (χ4n) is 4.33. The number of anilines is 1. The fourth-order valence-corrected chi connectivity index (χ4v) is 4.33. The van der Waals surface area contributed by atoms with Crippen LogP contribution in [0.2, 0.25) is 0 Å². The molecule has 1 N–H and O–H groups in total. The predicted molar refractivity (Wildman–Crippen MR) is 136 cm³/mol. The highest BCUT2D eigenvalue weighted by atomic mass is 16.5. The molecule has 1 aliphatic heterocycles. The highest BCUT2D eigenvalue weighted by Gasteiger charge is 2.14. The van der Waals surface area contributed by atoms with Crippen LogP contribution in [0.1, 0.15) is 12.0 Å². The lowest BCUT2D eigenvalue weighted by molar-refractivity contribution is -0.107. The molecule has 0 radical (unpaired) electrons.